The maximum atomic E-state index is 12.4. The lowest BCUT2D eigenvalue weighted by molar-refractivity contribution is 0.0947. The molecule has 0 radical (unpaired) electrons. The largest absolute Gasteiger partial charge is 0.496 e. The predicted molar refractivity (Wildman–Crippen MR) is 93.5 cm³/mol. The molecule has 0 unspecified atom stereocenters. The summed E-state index contributed by atoms with van der Waals surface area (Å²) in [7, 11) is 1.68. The number of H-pyrrole nitrogens is 1. The van der Waals surface area contributed by atoms with Gasteiger partial charge in [0.25, 0.3) is 5.91 Å². The number of methoxy groups -OCH3 is 1. The summed E-state index contributed by atoms with van der Waals surface area (Å²) in [5.74, 6) is 0.843. The van der Waals surface area contributed by atoms with Crippen LogP contribution in [0.25, 0.3) is 0 Å². The van der Waals surface area contributed by atoms with Gasteiger partial charge in [-0.25, -0.2) is 0 Å². The number of hydrogen-bond donors (Lipinski definition) is 2. The molecule has 5 heteroatoms. The van der Waals surface area contributed by atoms with E-state index in [2.05, 4.69) is 21.6 Å². The van der Waals surface area contributed by atoms with Crippen LogP contribution in [0, 0.1) is 0 Å². The van der Waals surface area contributed by atoms with Crippen LogP contribution in [0.5, 0.6) is 5.75 Å². The molecule has 1 aliphatic rings. The Kier molecular flexibility index (Phi) is 5.51. The molecule has 3 rings (SSSR count). The zero-order valence-electron chi connectivity index (χ0n) is 14.2. The van der Waals surface area contributed by atoms with Crippen molar-refractivity contribution in [3.05, 3.63) is 46.8 Å². The molecule has 24 heavy (non-hydrogen) atoms. The number of para-hydroxylation sites is 1. The number of aromatic nitrogens is 2. The van der Waals surface area contributed by atoms with E-state index in [1.165, 1.54) is 18.4 Å². The van der Waals surface area contributed by atoms with Crippen molar-refractivity contribution >= 4 is 5.91 Å². The number of benzene rings is 1. The zero-order chi connectivity index (χ0) is 16.8. The summed E-state index contributed by atoms with van der Waals surface area (Å²) in [6, 6.07) is 8.00. The molecule has 1 heterocycles. The molecule has 0 saturated carbocycles. The van der Waals surface area contributed by atoms with E-state index in [0.29, 0.717) is 12.2 Å². The first kappa shape index (κ1) is 16.6. The third kappa shape index (κ3) is 3.78. The van der Waals surface area contributed by atoms with Crippen LogP contribution in [-0.4, -0.2) is 29.8 Å². The fourth-order valence-corrected chi connectivity index (χ4v) is 3.32. The maximum Gasteiger partial charge on any atom is 0.272 e. The minimum absolute atomic E-state index is 0.0607. The molecule has 2 aromatic rings. The molecule has 5 nitrogen and oxygen atoms in total. The van der Waals surface area contributed by atoms with Crippen molar-refractivity contribution in [2.24, 2.45) is 0 Å². The fourth-order valence-electron chi connectivity index (χ4n) is 3.32. The van der Waals surface area contributed by atoms with Crippen molar-refractivity contribution in [1.82, 2.24) is 15.5 Å². The zero-order valence-corrected chi connectivity index (χ0v) is 14.2. The molecule has 0 atom stereocenters. The quantitative estimate of drug-likeness (QED) is 0.633. The topological polar surface area (TPSA) is 67.0 Å². The van der Waals surface area contributed by atoms with Gasteiger partial charge in [0.15, 0.2) is 5.69 Å². The first-order valence-corrected chi connectivity index (χ1v) is 8.76. The lowest BCUT2D eigenvalue weighted by Gasteiger charge is -2.08. The molecule has 1 aliphatic carbocycles. The van der Waals surface area contributed by atoms with E-state index in [9.17, 15) is 4.79 Å². The highest BCUT2D eigenvalue weighted by Gasteiger charge is 2.20. The van der Waals surface area contributed by atoms with Crippen LogP contribution < -0.4 is 10.1 Å². The van der Waals surface area contributed by atoms with Crippen molar-refractivity contribution in [1.29, 1.82) is 0 Å². The molecule has 1 amide bonds. The molecule has 0 spiro atoms. The van der Waals surface area contributed by atoms with Crippen molar-refractivity contribution in [3.8, 4) is 5.75 Å². The van der Waals surface area contributed by atoms with E-state index >= 15 is 0 Å². The average molecular weight is 327 g/mol. The van der Waals surface area contributed by atoms with E-state index in [1.54, 1.807) is 7.11 Å². The van der Waals surface area contributed by atoms with E-state index in [1.807, 2.05) is 18.2 Å². The van der Waals surface area contributed by atoms with Crippen molar-refractivity contribution in [3.63, 3.8) is 0 Å². The van der Waals surface area contributed by atoms with Gasteiger partial charge in [-0.2, -0.15) is 5.10 Å². The number of rotatable bonds is 6. The van der Waals surface area contributed by atoms with Gasteiger partial charge in [-0.1, -0.05) is 24.6 Å². The van der Waals surface area contributed by atoms with Crippen molar-refractivity contribution in [2.75, 3.05) is 13.7 Å². The number of aryl methyl sites for hydroxylation is 2. The minimum atomic E-state index is -0.0607. The smallest absolute Gasteiger partial charge is 0.272 e. The number of carbonyl (C=O) groups is 1. The van der Waals surface area contributed by atoms with Crippen molar-refractivity contribution < 1.29 is 9.53 Å². The molecular weight excluding hydrogens is 302 g/mol. The van der Waals surface area contributed by atoms with E-state index in [4.69, 9.17) is 4.74 Å². The van der Waals surface area contributed by atoms with Gasteiger partial charge in [-0.05, 0) is 50.2 Å². The Hall–Kier alpha value is -2.30. The van der Waals surface area contributed by atoms with Crippen LogP contribution >= 0.6 is 0 Å². The highest BCUT2D eigenvalue weighted by molar-refractivity contribution is 5.93. The molecule has 0 bridgehead atoms. The van der Waals surface area contributed by atoms with Gasteiger partial charge in [0.2, 0.25) is 0 Å². The molecule has 0 saturated heterocycles. The Morgan fingerprint density at radius 1 is 1.25 bits per heavy atom. The Morgan fingerprint density at radius 3 is 2.96 bits per heavy atom. The molecule has 128 valence electrons. The monoisotopic (exact) mass is 327 g/mol. The summed E-state index contributed by atoms with van der Waals surface area (Å²) in [4.78, 5) is 12.4. The Labute approximate surface area is 142 Å². The number of nitrogens with zero attached hydrogens (tertiary/aromatic N) is 1. The summed E-state index contributed by atoms with van der Waals surface area (Å²) in [5, 5.41) is 10.3. The number of nitrogens with one attached hydrogen (secondary N) is 2. The molecule has 0 aliphatic heterocycles. The molecule has 1 aromatic carbocycles. The summed E-state index contributed by atoms with van der Waals surface area (Å²) in [6.07, 6.45) is 7.25. The summed E-state index contributed by atoms with van der Waals surface area (Å²) < 4.78 is 5.35. The molecule has 1 aromatic heterocycles. The standard InChI is InChI=1S/C19H25N3O2/c1-24-17-12-6-5-8-14(17)9-7-13-20-19(23)18-15-10-3-2-4-11-16(15)21-22-18/h5-6,8,12H,2-4,7,9-11,13H2,1H3,(H,20,23)(H,21,22). The molecule has 0 fully saturated rings. The SMILES string of the molecule is COc1ccccc1CCCNC(=O)c1n[nH]c2c1CCCCC2. The highest BCUT2D eigenvalue weighted by atomic mass is 16.5. The lowest BCUT2D eigenvalue weighted by atomic mass is 10.1. The summed E-state index contributed by atoms with van der Waals surface area (Å²) in [5.41, 5.74) is 4.02. The second-order valence-electron chi connectivity index (χ2n) is 6.26. The predicted octanol–water partition coefficient (Wildman–Crippen LogP) is 3.05. The second-order valence-corrected chi connectivity index (χ2v) is 6.26. The third-order valence-corrected chi connectivity index (χ3v) is 4.62. The van der Waals surface area contributed by atoms with Gasteiger partial charge in [0.05, 0.1) is 7.11 Å². The molecular formula is C19H25N3O2. The van der Waals surface area contributed by atoms with Crippen LogP contribution in [0.15, 0.2) is 24.3 Å². The molecule has 2 N–H and O–H groups in total. The Balaban J connectivity index is 1.52. The second kappa shape index (κ2) is 7.99. The number of hydrogen-bond acceptors (Lipinski definition) is 3. The normalized spacial score (nSPS) is 13.9. The number of amides is 1. The van der Waals surface area contributed by atoms with Gasteiger partial charge in [0.1, 0.15) is 5.75 Å². The Morgan fingerprint density at radius 2 is 2.08 bits per heavy atom. The van der Waals surface area contributed by atoms with E-state index in [0.717, 1.165) is 49.1 Å². The number of aromatic amines is 1. The van der Waals surface area contributed by atoms with Gasteiger partial charge < -0.3 is 10.1 Å². The summed E-state index contributed by atoms with van der Waals surface area (Å²) in [6.45, 7) is 0.637. The number of fused-ring (bicyclic) bond motifs is 1. The average Bonchev–Trinajstić information content (AvgIpc) is 2.87. The van der Waals surface area contributed by atoms with Crippen LogP contribution in [0.3, 0.4) is 0 Å². The van der Waals surface area contributed by atoms with Crippen LogP contribution in [0.2, 0.25) is 0 Å². The maximum absolute atomic E-state index is 12.4. The first-order chi connectivity index (χ1) is 11.8. The van der Waals surface area contributed by atoms with Gasteiger partial charge >= 0.3 is 0 Å². The van der Waals surface area contributed by atoms with Gasteiger partial charge in [-0.15, -0.1) is 0 Å². The first-order valence-electron chi connectivity index (χ1n) is 8.76. The van der Waals surface area contributed by atoms with Crippen molar-refractivity contribution in [2.45, 2.75) is 44.9 Å². The van der Waals surface area contributed by atoms with E-state index in [-0.39, 0.29) is 5.91 Å². The summed E-state index contributed by atoms with van der Waals surface area (Å²) >= 11 is 0. The number of carbonyl (C=O) groups excluding carboxylic acids is 1. The van der Waals surface area contributed by atoms with Gasteiger partial charge in [-0.3, -0.25) is 9.89 Å². The van der Waals surface area contributed by atoms with Crippen LogP contribution in [0.4, 0.5) is 0 Å². The van der Waals surface area contributed by atoms with Crippen LogP contribution in [-0.2, 0) is 19.3 Å². The van der Waals surface area contributed by atoms with Crippen LogP contribution in [0.1, 0.15) is 53.0 Å². The van der Waals surface area contributed by atoms with E-state index < -0.39 is 0 Å². The van der Waals surface area contributed by atoms with Gasteiger partial charge in [0, 0.05) is 17.8 Å². The fraction of sp³-hybridized carbons (Fsp3) is 0.474. The Bertz CT molecular complexity index is 694. The minimum Gasteiger partial charge on any atom is -0.496 e. The highest BCUT2D eigenvalue weighted by Crippen LogP contribution is 2.22. The lowest BCUT2D eigenvalue weighted by Crippen LogP contribution is -2.26. The number of ether oxygens (including phenoxy) is 1. The third-order valence-electron chi connectivity index (χ3n) is 4.62.